The summed E-state index contributed by atoms with van der Waals surface area (Å²) in [6, 6.07) is -0.606. The van der Waals surface area contributed by atoms with Crippen LogP contribution in [0.4, 0.5) is 4.79 Å². The van der Waals surface area contributed by atoms with Crippen molar-refractivity contribution in [3.63, 3.8) is 0 Å². The Hall–Kier alpha value is -1.26. The van der Waals surface area contributed by atoms with Crippen LogP contribution in [0.25, 0.3) is 0 Å². The van der Waals surface area contributed by atoms with E-state index in [1.165, 1.54) is 0 Å². The van der Waals surface area contributed by atoms with Crippen LogP contribution in [0.1, 0.15) is 47.0 Å². The van der Waals surface area contributed by atoms with Crippen molar-refractivity contribution in [2.75, 3.05) is 6.54 Å². The first-order valence-electron chi connectivity index (χ1n) is 6.66. The molecule has 0 aromatic rings. The molecular formula is C13H26N2O3. The Labute approximate surface area is 109 Å². The summed E-state index contributed by atoms with van der Waals surface area (Å²) in [6.45, 7) is 8.62. The van der Waals surface area contributed by atoms with E-state index in [-0.39, 0.29) is 24.4 Å². The highest BCUT2D eigenvalue weighted by atomic mass is 16.4. The monoisotopic (exact) mass is 258 g/mol. The van der Waals surface area contributed by atoms with E-state index in [2.05, 4.69) is 24.5 Å². The Morgan fingerprint density at radius 1 is 1.17 bits per heavy atom. The molecule has 0 aliphatic rings. The highest BCUT2D eigenvalue weighted by Crippen LogP contribution is 2.07. The number of amides is 2. The second kappa shape index (κ2) is 8.78. The van der Waals surface area contributed by atoms with E-state index in [1.54, 1.807) is 0 Å². The van der Waals surface area contributed by atoms with E-state index < -0.39 is 5.97 Å². The predicted octanol–water partition coefficient (Wildman–Crippen LogP) is 2.22. The van der Waals surface area contributed by atoms with Crippen LogP contribution < -0.4 is 10.6 Å². The molecule has 0 aliphatic carbocycles. The predicted molar refractivity (Wildman–Crippen MR) is 71.5 cm³/mol. The standard InChI is InChI=1S/C13H26N2O3/c1-5-10(6-2)8-14-13(18)15-11(9(3)4)7-12(16)17/h9-11H,5-8H2,1-4H3,(H,16,17)(H2,14,15,18). The molecule has 0 fully saturated rings. The molecule has 5 nitrogen and oxygen atoms in total. The molecule has 0 aliphatic heterocycles. The van der Waals surface area contributed by atoms with Crippen molar-refractivity contribution in [2.24, 2.45) is 11.8 Å². The van der Waals surface area contributed by atoms with Gasteiger partial charge in [0.15, 0.2) is 0 Å². The maximum absolute atomic E-state index is 11.7. The van der Waals surface area contributed by atoms with Crippen molar-refractivity contribution in [2.45, 2.75) is 53.0 Å². The van der Waals surface area contributed by atoms with Crippen LogP contribution in [0, 0.1) is 11.8 Å². The summed E-state index contributed by atoms with van der Waals surface area (Å²) >= 11 is 0. The maximum atomic E-state index is 11.7. The van der Waals surface area contributed by atoms with Crippen LogP contribution in [-0.2, 0) is 4.79 Å². The molecule has 106 valence electrons. The van der Waals surface area contributed by atoms with Crippen LogP contribution in [0.15, 0.2) is 0 Å². The van der Waals surface area contributed by atoms with E-state index in [0.29, 0.717) is 12.5 Å². The highest BCUT2D eigenvalue weighted by molar-refractivity contribution is 5.75. The van der Waals surface area contributed by atoms with Gasteiger partial charge in [-0.2, -0.15) is 0 Å². The quantitative estimate of drug-likeness (QED) is 0.624. The third kappa shape index (κ3) is 7.14. The minimum Gasteiger partial charge on any atom is -0.481 e. The summed E-state index contributed by atoms with van der Waals surface area (Å²) in [6.07, 6.45) is 2.01. The van der Waals surface area contributed by atoms with Gasteiger partial charge in [-0.1, -0.05) is 40.5 Å². The Bertz CT molecular complexity index is 263. The SMILES string of the molecule is CCC(CC)CNC(=O)NC(CC(=O)O)C(C)C. The van der Waals surface area contributed by atoms with E-state index in [9.17, 15) is 9.59 Å². The number of urea groups is 1. The van der Waals surface area contributed by atoms with Crippen molar-refractivity contribution < 1.29 is 14.7 Å². The number of carbonyl (C=O) groups is 2. The van der Waals surface area contributed by atoms with Gasteiger partial charge in [0.25, 0.3) is 0 Å². The number of hydrogen-bond acceptors (Lipinski definition) is 2. The molecule has 0 saturated heterocycles. The van der Waals surface area contributed by atoms with E-state index >= 15 is 0 Å². The molecule has 2 amide bonds. The maximum Gasteiger partial charge on any atom is 0.315 e. The fourth-order valence-corrected chi connectivity index (χ4v) is 1.68. The van der Waals surface area contributed by atoms with Gasteiger partial charge in [0, 0.05) is 12.6 Å². The van der Waals surface area contributed by atoms with Gasteiger partial charge in [-0.25, -0.2) is 4.79 Å². The minimum absolute atomic E-state index is 0.0456. The largest absolute Gasteiger partial charge is 0.481 e. The van der Waals surface area contributed by atoms with Gasteiger partial charge in [0.2, 0.25) is 0 Å². The Morgan fingerprint density at radius 3 is 2.11 bits per heavy atom. The molecule has 0 saturated carbocycles. The zero-order valence-electron chi connectivity index (χ0n) is 11.8. The lowest BCUT2D eigenvalue weighted by atomic mass is 10.0. The molecule has 0 heterocycles. The molecule has 0 aromatic carbocycles. The Kier molecular flexibility index (Phi) is 8.16. The first kappa shape index (κ1) is 16.7. The molecule has 3 N–H and O–H groups in total. The van der Waals surface area contributed by atoms with Gasteiger partial charge in [-0.3, -0.25) is 4.79 Å². The van der Waals surface area contributed by atoms with E-state index in [1.807, 2.05) is 13.8 Å². The average Bonchev–Trinajstić information content (AvgIpc) is 2.28. The summed E-state index contributed by atoms with van der Waals surface area (Å²) in [7, 11) is 0. The summed E-state index contributed by atoms with van der Waals surface area (Å²) in [5.74, 6) is -0.318. The fraction of sp³-hybridized carbons (Fsp3) is 0.846. The van der Waals surface area contributed by atoms with Crippen molar-refractivity contribution in [3.05, 3.63) is 0 Å². The number of carboxylic acid groups (broad SMARTS) is 1. The van der Waals surface area contributed by atoms with Gasteiger partial charge < -0.3 is 15.7 Å². The van der Waals surface area contributed by atoms with Crippen LogP contribution >= 0.6 is 0 Å². The second-order valence-electron chi connectivity index (χ2n) is 4.99. The summed E-state index contributed by atoms with van der Waals surface area (Å²) in [4.78, 5) is 22.3. The first-order chi connectivity index (χ1) is 8.40. The first-order valence-corrected chi connectivity index (χ1v) is 6.66. The smallest absolute Gasteiger partial charge is 0.315 e. The molecule has 0 aromatic heterocycles. The molecule has 0 spiro atoms. The summed E-state index contributed by atoms with van der Waals surface area (Å²) in [5.41, 5.74) is 0. The zero-order valence-corrected chi connectivity index (χ0v) is 11.8. The lowest BCUT2D eigenvalue weighted by Crippen LogP contribution is -2.46. The van der Waals surface area contributed by atoms with Gasteiger partial charge in [-0.05, 0) is 11.8 Å². The van der Waals surface area contributed by atoms with Gasteiger partial charge in [0.1, 0.15) is 0 Å². The van der Waals surface area contributed by atoms with Crippen molar-refractivity contribution in [1.82, 2.24) is 10.6 Å². The second-order valence-corrected chi connectivity index (χ2v) is 4.99. The average molecular weight is 258 g/mol. The fourth-order valence-electron chi connectivity index (χ4n) is 1.68. The van der Waals surface area contributed by atoms with Crippen molar-refractivity contribution >= 4 is 12.0 Å². The third-order valence-electron chi connectivity index (χ3n) is 3.22. The number of aliphatic carboxylic acids is 1. The zero-order chi connectivity index (χ0) is 14.1. The number of nitrogens with one attached hydrogen (secondary N) is 2. The molecule has 1 unspecified atom stereocenters. The number of carbonyl (C=O) groups excluding carboxylic acids is 1. The number of rotatable bonds is 8. The Balaban J connectivity index is 4.13. The molecule has 1 atom stereocenters. The molecule has 18 heavy (non-hydrogen) atoms. The van der Waals surface area contributed by atoms with Crippen molar-refractivity contribution in [3.8, 4) is 0 Å². The lowest BCUT2D eigenvalue weighted by molar-refractivity contribution is -0.137. The van der Waals surface area contributed by atoms with Crippen LogP contribution in [0.2, 0.25) is 0 Å². The van der Waals surface area contributed by atoms with Gasteiger partial charge in [0.05, 0.1) is 6.42 Å². The van der Waals surface area contributed by atoms with Gasteiger partial charge in [-0.15, -0.1) is 0 Å². The third-order valence-corrected chi connectivity index (χ3v) is 3.22. The topological polar surface area (TPSA) is 78.4 Å². The van der Waals surface area contributed by atoms with E-state index in [0.717, 1.165) is 12.8 Å². The highest BCUT2D eigenvalue weighted by Gasteiger charge is 2.19. The molecule has 5 heteroatoms. The summed E-state index contributed by atoms with van der Waals surface area (Å²) < 4.78 is 0. The molecule has 0 bridgehead atoms. The van der Waals surface area contributed by atoms with Gasteiger partial charge >= 0.3 is 12.0 Å². The molecule has 0 radical (unpaired) electrons. The number of hydrogen-bond donors (Lipinski definition) is 3. The lowest BCUT2D eigenvalue weighted by Gasteiger charge is -2.22. The minimum atomic E-state index is -0.894. The van der Waals surface area contributed by atoms with E-state index in [4.69, 9.17) is 5.11 Å². The van der Waals surface area contributed by atoms with Crippen LogP contribution in [0.3, 0.4) is 0 Å². The van der Waals surface area contributed by atoms with Crippen LogP contribution in [-0.4, -0.2) is 29.7 Å². The molecular weight excluding hydrogens is 232 g/mol. The molecule has 0 rings (SSSR count). The summed E-state index contributed by atoms with van der Waals surface area (Å²) in [5, 5.41) is 14.3. The Morgan fingerprint density at radius 2 is 1.72 bits per heavy atom. The van der Waals surface area contributed by atoms with Crippen LogP contribution in [0.5, 0.6) is 0 Å². The number of carboxylic acids is 1. The normalized spacial score (nSPS) is 12.6. The van der Waals surface area contributed by atoms with Crippen molar-refractivity contribution in [1.29, 1.82) is 0 Å².